The van der Waals surface area contributed by atoms with Crippen molar-refractivity contribution in [2.24, 2.45) is 0 Å². The number of ether oxygens (including phenoxy) is 1. The number of likely N-dealkylation sites (tertiary alicyclic amines) is 1. The molecular formula is C28H29N3O2. The van der Waals surface area contributed by atoms with Crippen LogP contribution in [0.2, 0.25) is 0 Å². The predicted octanol–water partition coefficient (Wildman–Crippen LogP) is 5.93. The van der Waals surface area contributed by atoms with Crippen LogP contribution >= 0.6 is 0 Å². The fourth-order valence-corrected chi connectivity index (χ4v) is 4.35. The van der Waals surface area contributed by atoms with Crippen molar-refractivity contribution in [2.45, 2.75) is 38.1 Å². The van der Waals surface area contributed by atoms with Gasteiger partial charge >= 0.3 is 6.03 Å². The molecule has 5 nitrogen and oxygen atoms in total. The summed E-state index contributed by atoms with van der Waals surface area (Å²) in [5.41, 5.74) is 4.89. The second-order valence-corrected chi connectivity index (χ2v) is 8.95. The molecule has 168 valence electrons. The number of nitrogens with zero attached hydrogens (tertiary/aromatic N) is 2. The second kappa shape index (κ2) is 9.49. The number of hydrogen-bond donors (Lipinski definition) is 1. The SMILES string of the molecule is Cc1ccc(Oc2cccc(C=C3CCN(C(=O)N[C@@H]4C[C@H]4c4ccccc4)CC3)c2)nc1. The molecule has 1 N–H and O–H groups in total. The van der Waals surface area contributed by atoms with Crippen molar-refractivity contribution in [3.05, 3.63) is 95.2 Å². The van der Waals surface area contributed by atoms with Crippen molar-refractivity contribution in [2.75, 3.05) is 13.1 Å². The Kier molecular flexibility index (Phi) is 6.11. The molecule has 1 aliphatic carbocycles. The molecule has 1 saturated carbocycles. The maximum absolute atomic E-state index is 12.7. The van der Waals surface area contributed by atoms with E-state index >= 15 is 0 Å². The van der Waals surface area contributed by atoms with E-state index in [2.05, 4.69) is 46.7 Å². The number of pyridine rings is 1. The van der Waals surface area contributed by atoms with Crippen LogP contribution in [-0.4, -0.2) is 35.0 Å². The van der Waals surface area contributed by atoms with Crippen LogP contribution in [0.4, 0.5) is 4.79 Å². The largest absolute Gasteiger partial charge is 0.439 e. The predicted molar refractivity (Wildman–Crippen MR) is 130 cm³/mol. The fourth-order valence-electron chi connectivity index (χ4n) is 4.35. The quantitative estimate of drug-likeness (QED) is 0.536. The molecule has 33 heavy (non-hydrogen) atoms. The van der Waals surface area contributed by atoms with Crippen LogP contribution in [0.1, 0.15) is 41.9 Å². The maximum atomic E-state index is 12.7. The molecule has 2 atom stereocenters. The van der Waals surface area contributed by atoms with Gasteiger partial charge in [-0.3, -0.25) is 0 Å². The minimum Gasteiger partial charge on any atom is -0.439 e. The lowest BCUT2D eigenvalue weighted by molar-refractivity contribution is 0.193. The van der Waals surface area contributed by atoms with Crippen molar-refractivity contribution >= 4 is 12.1 Å². The van der Waals surface area contributed by atoms with E-state index in [1.807, 2.05) is 48.2 Å². The molecule has 2 heterocycles. The Morgan fingerprint density at radius 3 is 2.64 bits per heavy atom. The number of amides is 2. The Balaban J connectivity index is 1.13. The van der Waals surface area contributed by atoms with Crippen molar-refractivity contribution in [1.29, 1.82) is 0 Å². The van der Waals surface area contributed by atoms with E-state index in [0.717, 1.165) is 49.2 Å². The van der Waals surface area contributed by atoms with E-state index in [0.29, 0.717) is 11.8 Å². The molecule has 2 amide bonds. The summed E-state index contributed by atoms with van der Waals surface area (Å²) in [6.07, 6.45) is 6.84. The lowest BCUT2D eigenvalue weighted by Crippen LogP contribution is -2.44. The van der Waals surface area contributed by atoms with Gasteiger partial charge in [0.2, 0.25) is 5.88 Å². The van der Waals surface area contributed by atoms with Gasteiger partial charge in [-0.15, -0.1) is 0 Å². The summed E-state index contributed by atoms with van der Waals surface area (Å²) in [6, 6.07) is 22.7. The molecule has 2 aromatic carbocycles. The van der Waals surface area contributed by atoms with E-state index in [4.69, 9.17) is 4.74 Å². The zero-order valence-corrected chi connectivity index (χ0v) is 18.9. The minimum atomic E-state index is 0.0680. The lowest BCUT2D eigenvalue weighted by atomic mass is 10.0. The van der Waals surface area contributed by atoms with Crippen molar-refractivity contribution in [1.82, 2.24) is 15.2 Å². The third-order valence-corrected chi connectivity index (χ3v) is 6.36. The third-order valence-electron chi connectivity index (χ3n) is 6.36. The van der Waals surface area contributed by atoms with Gasteiger partial charge in [0.05, 0.1) is 0 Å². The average Bonchev–Trinajstić information content (AvgIpc) is 3.61. The highest BCUT2D eigenvalue weighted by molar-refractivity contribution is 5.75. The van der Waals surface area contributed by atoms with Gasteiger partial charge in [-0.2, -0.15) is 0 Å². The number of aromatic nitrogens is 1. The van der Waals surface area contributed by atoms with E-state index in [9.17, 15) is 4.79 Å². The van der Waals surface area contributed by atoms with Gasteiger partial charge in [-0.05, 0) is 55.0 Å². The molecule has 5 heteroatoms. The summed E-state index contributed by atoms with van der Waals surface area (Å²) in [7, 11) is 0. The summed E-state index contributed by atoms with van der Waals surface area (Å²) >= 11 is 0. The minimum absolute atomic E-state index is 0.0680. The molecule has 0 bridgehead atoms. The van der Waals surface area contributed by atoms with E-state index in [-0.39, 0.29) is 12.1 Å². The molecule has 1 aliphatic heterocycles. The molecule has 0 spiro atoms. The normalized spacial score (nSPS) is 19.7. The van der Waals surface area contributed by atoms with E-state index < -0.39 is 0 Å². The van der Waals surface area contributed by atoms with Crippen molar-refractivity contribution in [3.63, 3.8) is 0 Å². The van der Waals surface area contributed by atoms with Gasteiger partial charge in [0.15, 0.2) is 0 Å². The molecule has 2 aliphatic rings. The summed E-state index contributed by atoms with van der Waals surface area (Å²) in [4.78, 5) is 19.0. The van der Waals surface area contributed by atoms with Gasteiger partial charge in [0.1, 0.15) is 5.75 Å². The number of benzene rings is 2. The monoisotopic (exact) mass is 439 g/mol. The lowest BCUT2D eigenvalue weighted by Gasteiger charge is -2.28. The number of carbonyl (C=O) groups is 1. The Labute approximate surface area is 195 Å². The van der Waals surface area contributed by atoms with Crippen LogP contribution in [0.25, 0.3) is 6.08 Å². The average molecular weight is 440 g/mol. The molecule has 0 unspecified atom stereocenters. The first-order valence-corrected chi connectivity index (χ1v) is 11.6. The summed E-state index contributed by atoms with van der Waals surface area (Å²) in [6.45, 7) is 3.51. The Hall–Kier alpha value is -3.60. The first kappa shape index (κ1) is 21.3. The summed E-state index contributed by atoms with van der Waals surface area (Å²) < 4.78 is 5.89. The van der Waals surface area contributed by atoms with Gasteiger partial charge in [-0.1, -0.05) is 60.2 Å². The number of aryl methyl sites for hydroxylation is 1. The molecule has 3 aromatic rings. The van der Waals surface area contributed by atoms with Crippen molar-refractivity contribution < 1.29 is 9.53 Å². The van der Waals surface area contributed by atoms with Crippen molar-refractivity contribution in [3.8, 4) is 11.6 Å². The Bertz CT molecular complexity index is 1130. The van der Waals surface area contributed by atoms with Crippen LogP contribution in [0.15, 0.2) is 78.5 Å². The molecule has 0 radical (unpaired) electrons. The summed E-state index contributed by atoms with van der Waals surface area (Å²) in [5.74, 6) is 1.82. The highest BCUT2D eigenvalue weighted by atomic mass is 16.5. The van der Waals surface area contributed by atoms with Gasteiger partial charge in [0.25, 0.3) is 0 Å². The summed E-state index contributed by atoms with van der Waals surface area (Å²) in [5, 5.41) is 3.22. The molecule has 1 aromatic heterocycles. The number of hydrogen-bond acceptors (Lipinski definition) is 3. The number of urea groups is 1. The van der Waals surface area contributed by atoms with E-state index in [1.54, 1.807) is 6.20 Å². The number of carbonyl (C=O) groups excluding carboxylic acids is 1. The first-order chi connectivity index (χ1) is 16.1. The number of nitrogens with one attached hydrogen (secondary N) is 1. The molecule has 2 fully saturated rings. The van der Waals surface area contributed by atoms with Crippen LogP contribution in [0.5, 0.6) is 11.6 Å². The molecular weight excluding hydrogens is 410 g/mol. The highest BCUT2D eigenvalue weighted by Gasteiger charge is 2.40. The number of rotatable bonds is 5. The zero-order chi connectivity index (χ0) is 22.6. The van der Waals surface area contributed by atoms with Crippen LogP contribution in [0.3, 0.4) is 0 Å². The van der Waals surface area contributed by atoms with Crippen LogP contribution in [-0.2, 0) is 0 Å². The Morgan fingerprint density at radius 2 is 1.88 bits per heavy atom. The van der Waals surface area contributed by atoms with Gasteiger partial charge in [-0.25, -0.2) is 9.78 Å². The highest BCUT2D eigenvalue weighted by Crippen LogP contribution is 2.40. The van der Waals surface area contributed by atoms with Crippen LogP contribution in [0, 0.1) is 6.92 Å². The van der Waals surface area contributed by atoms with Gasteiger partial charge < -0.3 is 15.0 Å². The smallest absolute Gasteiger partial charge is 0.317 e. The van der Waals surface area contributed by atoms with Gasteiger partial charge in [0, 0.05) is 37.3 Å². The topological polar surface area (TPSA) is 54.5 Å². The first-order valence-electron chi connectivity index (χ1n) is 11.6. The Morgan fingerprint density at radius 1 is 1.06 bits per heavy atom. The van der Waals surface area contributed by atoms with E-state index in [1.165, 1.54) is 11.1 Å². The molecule has 1 saturated heterocycles. The standard InChI is InChI=1S/C28H29N3O2/c1-20-10-11-27(29-19-20)33-24-9-5-6-22(17-24)16-21-12-14-31(15-13-21)28(32)30-26-18-25(26)23-7-3-2-4-8-23/h2-11,16-17,19,25-26H,12-15,18H2,1H3,(H,30,32)/t25-,26+/m0/s1. The fraction of sp³-hybridized carbons (Fsp3) is 0.286. The maximum Gasteiger partial charge on any atom is 0.317 e. The van der Waals surface area contributed by atoms with Crippen LogP contribution < -0.4 is 10.1 Å². The number of piperidine rings is 1. The molecule has 5 rings (SSSR count). The zero-order valence-electron chi connectivity index (χ0n) is 18.9. The second-order valence-electron chi connectivity index (χ2n) is 8.95. The third kappa shape index (κ3) is 5.43.